The first kappa shape index (κ1) is 32.1. The van der Waals surface area contributed by atoms with Gasteiger partial charge < -0.3 is 9.47 Å². The lowest BCUT2D eigenvalue weighted by Gasteiger charge is -2.01. The molecule has 0 N–H and O–H groups in total. The topological polar surface area (TPSA) is 138 Å². The molecule has 14 heteroatoms. The fraction of sp³-hybridized carbons (Fsp3) is 0.188. The van der Waals surface area contributed by atoms with E-state index in [1.54, 1.807) is 35.6 Å². The van der Waals surface area contributed by atoms with E-state index in [1.807, 2.05) is 86.6 Å². The Hall–Kier alpha value is -5.34. The van der Waals surface area contributed by atoms with Gasteiger partial charge in [0.25, 0.3) is 0 Å². The largest absolute Gasteiger partial charge is 0.461 e. The molecule has 2 aromatic heterocycles. The number of carbonyl (C=O) groups is 2. The molecule has 46 heavy (non-hydrogen) atoms. The molecule has 0 aliphatic heterocycles. The summed E-state index contributed by atoms with van der Waals surface area (Å²) in [6, 6.07) is 22.8. The highest BCUT2D eigenvalue weighted by atomic mass is 32.1. The minimum absolute atomic E-state index is 0.169. The van der Waals surface area contributed by atoms with Crippen molar-refractivity contribution >= 4 is 47.0 Å². The second-order valence-corrected chi connectivity index (χ2v) is 11.5. The maximum absolute atomic E-state index is 12.4. The zero-order valence-electron chi connectivity index (χ0n) is 25.5. The van der Waals surface area contributed by atoms with Crippen LogP contribution in [0.5, 0.6) is 0 Å². The van der Waals surface area contributed by atoms with Crippen molar-refractivity contribution in [1.29, 1.82) is 0 Å². The number of aromatic nitrogens is 4. The lowest BCUT2D eigenvalue weighted by molar-refractivity contribution is 0.0515. The molecule has 0 atom stereocenters. The monoisotopic (exact) mass is 654 g/mol. The summed E-state index contributed by atoms with van der Waals surface area (Å²) in [5, 5.41) is 26.5. The number of hydrogen-bond donors (Lipinski definition) is 0. The molecule has 0 saturated heterocycles. The molecule has 5 rings (SSSR count). The van der Waals surface area contributed by atoms with Crippen LogP contribution in [0.25, 0.3) is 11.4 Å². The van der Waals surface area contributed by atoms with Crippen LogP contribution in [0, 0.1) is 13.8 Å². The molecule has 0 bridgehead atoms. The quantitative estimate of drug-likeness (QED) is 0.118. The summed E-state index contributed by atoms with van der Waals surface area (Å²) in [6.07, 6.45) is 3.17. The molecule has 0 saturated carbocycles. The zero-order chi connectivity index (χ0) is 32.5. The molecule has 12 nitrogen and oxygen atoms in total. The summed E-state index contributed by atoms with van der Waals surface area (Å²) in [5.74, 6) is -1.05. The Morgan fingerprint density at radius 3 is 1.43 bits per heavy atom. The van der Waals surface area contributed by atoms with Gasteiger partial charge >= 0.3 is 11.9 Å². The van der Waals surface area contributed by atoms with Gasteiger partial charge in [0.05, 0.1) is 37.0 Å². The number of rotatable bonds is 10. The van der Waals surface area contributed by atoms with Crippen molar-refractivity contribution in [3.63, 3.8) is 0 Å². The Bertz CT molecular complexity index is 1890. The molecule has 0 fully saturated rings. The van der Waals surface area contributed by atoms with Gasteiger partial charge in [-0.2, -0.15) is 10.2 Å². The van der Waals surface area contributed by atoms with Crippen LogP contribution in [-0.4, -0.2) is 57.1 Å². The molecular weight excluding hydrogens is 625 g/mol. The van der Waals surface area contributed by atoms with Gasteiger partial charge in [0.15, 0.2) is 0 Å². The Morgan fingerprint density at radius 1 is 0.674 bits per heavy atom. The van der Waals surface area contributed by atoms with Gasteiger partial charge in [-0.05, 0) is 52.0 Å². The third-order valence-corrected chi connectivity index (χ3v) is 8.01. The molecule has 0 aliphatic rings. The molecule has 0 amide bonds. The smallest absolute Gasteiger partial charge is 0.369 e. The van der Waals surface area contributed by atoms with E-state index >= 15 is 0 Å². The second-order valence-electron chi connectivity index (χ2n) is 9.63. The van der Waals surface area contributed by atoms with Crippen molar-refractivity contribution in [3.8, 4) is 11.4 Å². The van der Waals surface area contributed by atoms with E-state index in [2.05, 4.69) is 30.6 Å². The maximum Gasteiger partial charge on any atom is 0.369 e. The standard InChI is InChI=1S/C32H30N8O4S2/c1-5-43-29(41)27-37-39(25-15-11-21(3)12-16-25)31(45-27)35-33-19-23-9-7-8-10-24(23)20-34-36-32-40(26-17-13-22(4)14-18-26)38-28(46-32)30(42)44-6-2/h7-20H,5-6H2,1-4H3/b33-19+,34-20+,35-31-,36-32+. The molecule has 3 aromatic carbocycles. The van der Waals surface area contributed by atoms with Crippen LogP contribution in [0.15, 0.2) is 93.2 Å². The van der Waals surface area contributed by atoms with E-state index < -0.39 is 11.9 Å². The molecule has 2 heterocycles. The number of nitrogens with zero attached hydrogens (tertiary/aromatic N) is 8. The fourth-order valence-corrected chi connectivity index (χ4v) is 5.50. The van der Waals surface area contributed by atoms with Gasteiger partial charge in [-0.25, -0.2) is 19.0 Å². The average molecular weight is 655 g/mol. The van der Waals surface area contributed by atoms with E-state index in [0.29, 0.717) is 9.60 Å². The summed E-state index contributed by atoms with van der Waals surface area (Å²) < 4.78 is 13.4. The van der Waals surface area contributed by atoms with Crippen LogP contribution in [0.2, 0.25) is 0 Å². The molecular formula is C32H30N8O4S2. The zero-order valence-corrected chi connectivity index (χ0v) is 27.2. The summed E-state index contributed by atoms with van der Waals surface area (Å²) in [5.41, 5.74) is 5.10. The Balaban J connectivity index is 1.47. The molecule has 0 spiro atoms. The lowest BCUT2D eigenvalue weighted by atomic mass is 10.1. The summed E-state index contributed by atoms with van der Waals surface area (Å²) in [6.45, 7) is 7.93. The van der Waals surface area contributed by atoms with Crippen molar-refractivity contribution in [1.82, 2.24) is 19.6 Å². The lowest BCUT2D eigenvalue weighted by Crippen LogP contribution is -2.14. The van der Waals surface area contributed by atoms with Crippen LogP contribution >= 0.6 is 22.7 Å². The highest BCUT2D eigenvalue weighted by Crippen LogP contribution is 2.12. The van der Waals surface area contributed by atoms with Crippen LogP contribution in [-0.2, 0) is 9.47 Å². The highest BCUT2D eigenvalue weighted by molar-refractivity contribution is 7.11. The van der Waals surface area contributed by atoms with Crippen LogP contribution < -0.4 is 9.60 Å². The molecule has 0 radical (unpaired) electrons. The molecule has 0 aliphatic carbocycles. The number of aryl methyl sites for hydroxylation is 2. The average Bonchev–Trinajstić information content (AvgIpc) is 3.68. The van der Waals surface area contributed by atoms with E-state index in [1.165, 1.54) is 0 Å². The first-order chi connectivity index (χ1) is 22.4. The van der Waals surface area contributed by atoms with Crippen LogP contribution in [0.3, 0.4) is 0 Å². The number of benzene rings is 3. The highest BCUT2D eigenvalue weighted by Gasteiger charge is 2.16. The van der Waals surface area contributed by atoms with Crippen molar-refractivity contribution in [2.75, 3.05) is 13.2 Å². The Morgan fingerprint density at radius 2 is 1.07 bits per heavy atom. The number of hydrogen-bond acceptors (Lipinski definition) is 12. The van der Waals surface area contributed by atoms with Crippen molar-refractivity contribution in [3.05, 3.63) is 115 Å². The first-order valence-corrected chi connectivity index (χ1v) is 15.9. The van der Waals surface area contributed by atoms with Gasteiger partial charge in [0.2, 0.25) is 19.6 Å². The van der Waals surface area contributed by atoms with Gasteiger partial charge in [-0.15, -0.1) is 20.4 Å². The second kappa shape index (κ2) is 15.1. The third-order valence-electron chi connectivity index (χ3n) is 6.25. The Labute approximate surface area is 272 Å². The van der Waals surface area contributed by atoms with E-state index in [0.717, 1.165) is 56.3 Å². The molecule has 5 aromatic rings. The fourth-order valence-electron chi connectivity index (χ4n) is 3.98. The van der Waals surface area contributed by atoms with Crippen LogP contribution in [0.4, 0.5) is 0 Å². The van der Waals surface area contributed by atoms with Crippen molar-refractivity contribution < 1.29 is 19.1 Å². The SMILES string of the molecule is CCOC(=O)c1nn(-c2ccc(C)cc2)/c(=N/N=C/c2ccccc2/C=N/N=c2/sc(C(=O)OCC)nn2-c2ccc(C)cc2)s1. The predicted octanol–water partition coefficient (Wildman–Crippen LogP) is 5.02. The van der Waals surface area contributed by atoms with Crippen molar-refractivity contribution in [2.45, 2.75) is 27.7 Å². The summed E-state index contributed by atoms with van der Waals surface area (Å²) in [7, 11) is 0. The van der Waals surface area contributed by atoms with E-state index in [9.17, 15) is 9.59 Å². The molecule has 234 valence electrons. The van der Waals surface area contributed by atoms with E-state index in [4.69, 9.17) is 9.47 Å². The third kappa shape index (κ3) is 7.83. The van der Waals surface area contributed by atoms with Gasteiger partial charge in [-0.3, -0.25) is 0 Å². The Kier molecular flexibility index (Phi) is 10.5. The van der Waals surface area contributed by atoms with Gasteiger partial charge in [0.1, 0.15) is 0 Å². The summed E-state index contributed by atoms with van der Waals surface area (Å²) in [4.78, 5) is 25.6. The first-order valence-electron chi connectivity index (χ1n) is 14.3. The van der Waals surface area contributed by atoms with E-state index in [-0.39, 0.29) is 23.2 Å². The van der Waals surface area contributed by atoms with Crippen LogP contribution in [0.1, 0.15) is 55.7 Å². The summed E-state index contributed by atoms with van der Waals surface area (Å²) >= 11 is 2.16. The van der Waals surface area contributed by atoms with Crippen molar-refractivity contribution in [2.24, 2.45) is 20.4 Å². The number of carbonyl (C=O) groups excluding carboxylic acids is 2. The molecule has 0 unspecified atom stereocenters. The van der Waals surface area contributed by atoms with Gasteiger partial charge in [0, 0.05) is 11.1 Å². The number of ether oxygens (including phenoxy) is 2. The minimum Gasteiger partial charge on any atom is -0.461 e. The number of esters is 2. The normalized spacial score (nSPS) is 12.3. The van der Waals surface area contributed by atoms with Gasteiger partial charge in [-0.1, -0.05) is 82.3 Å². The predicted molar refractivity (Wildman–Crippen MR) is 177 cm³/mol. The maximum atomic E-state index is 12.4. The minimum atomic E-state index is -0.525.